The molecular formula is C17H23NO3. The van der Waals surface area contributed by atoms with Crippen LogP contribution >= 0.6 is 0 Å². The van der Waals surface area contributed by atoms with Crippen LogP contribution < -0.4 is 0 Å². The highest BCUT2D eigenvalue weighted by atomic mass is 16.3. The Morgan fingerprint density at radius 1 is 1.14 bits per heavy atom. The van der Waals surface area contributed by atoms with E-state index in [4.69, 9.17) is 0 Å². The second kappa shape index (κ2) is 6.85. The molecule has 0 atom stereocenters. The number of aliphatic hydroxyl groups is 1. The minimum atomic E-state index is -0.286. The van der Waals surface area contributed by atoms with Crippen molar-refractivity contribution in [3.05, 3.63) is 34.9 Å². The van der Waals surface area contributed by atoms with Crippen molar-refractivity contribution in [2.45, 2.75) is 45.6 Å². The molecule has 0 bridgehead atoms. The number of hydrogen-bond acceptors (Lipinski definition) is 3. The lowest BCUT2D eigenvalue weighted by Gasteiger charge is -2.29. The van der Waals surface area contributed by atoms with Crippen LogP contribution in [0.2, 0.25) is 0 Å². The number of ketones is 1. The quantitative estimate of drug-likeness (QED) is 0.865. The number of amides is 1. The third-order valence-electron chi connectivity index (χ3n) is 4.21. The maximum atomic E-state index is 12.1. The van der Waals surface area contributed by atoms with Crippen molar-refractivity contribution in [3.8, 4) is 0 Å². The van der Waals surface area contributed by atoms with E-state index in [1.807, 2.05) is 32.0 Å². The van der Waals surface area contributed by atoms with Crippen LogP contribution in [0.1, 0.15) is 47.2 Å². The van der Waals surface area contributed by atoms with Crippen molar-refractivity contribution in [3.63, 3.8) is 0 Å². The highest BCUT2D eigenvalue weighted by molar-refractivity contribution is 5.98. The standard InChI is InChI=1S/C17H23NO3/c1-12-3-4-14(11-13(12)2)16(20)5-6-17(21)18-9-7-15(19)8-10-18/h3-4,11,15,19H,5-10H2,1-2H3. The molecule has 0 spiro atoms. The van der Waals surface area contributed by atoms with Gasteiger partial charge in [-0.15, -0.1) is 0 Å². The van der Waals surface area contributed by atoms with Gasteiger partial charge in [-0.25, -0.2) is 0 Å². The van der Waals surface area contributed by atoms with E-state index in [2.05, 4.69) is 0 Å². The van der Waals surface area contributed by atoms with Gasteiger partial charge in [-0.05, 0) is 43.9 Å². The smallest absolute Gasteiger partial charge is 0.223 e. The Morgan fingerprint density at radius 2 is 1.81 bits per heavy atom. The van der Waals surface area contributed by atoms with Crippen molar-refractivity contribution < 1.29 is 14.7 Å². The van der Waals surface area contributed by atoms with Gasteiger partial charge < -0.3 is 10.0 Å². The Kier molecular flexibility index (Phi) is 5.12. The SMILES string of the molecule is Cc1ccc(C(=O)CCC(=O)N2CCC(O)CC2)cc1C. The predicted molar refractivity (Wildman–Crippen MR) is 81.3 cm³/mol. The van der Waals surface area contributed by atoms with Crippen LogP contribution in [0.5, 0.6) is 0 Å². The van der Waals surface area contributed by atoms with E-state index >= 15 is 0 Å². The van der Waals surface area contributed by atoms with Crippen molar-refractivity contribution in [2.75, 3.05) is 13.1 Å². The lowest BCUT2D eigenvalue weighted by atomic mass is 10.0. The van der Waals surface area contributed by atoms with E-state index in [0.29, 0.717) is 31.5 Å². The van der Waals surface area contributed by atoms with Gasteiger partial charge >= 0.3 is 0 Å². The Bertz CT molecular complexity index is 531. The molecule has 0 saturated carbocycles. The number of nitrogens with zero attached hydrogens (tertiary/aromatic N) is 1. The van der Waals surface area contributed by atoms with Gasteiger partial charge in [-0.3, -0.25) is 9.59 Å². The Hall–Kier alpha value is -1.68. The van der Waals surface area contributed by atoms with Crippen molar-refractivity contribution in [2.24, 2.45) is 0 Å². The number of piperidine rings is 1. The number of Topliss-reactive ketones (excluding diaryl/α,β-unsaturated/α-hetero) is 1. The third kappa shape index (κ3) is 4.14. The molecule has 0 unspecified atom stereocenters. The van der Waals surface area contributed by atoms with Crippen LogP contribution in [0.15, 0.2) is 18.2 Å². The Morgan fingerprint density at radius 3 is 2.43 bits per heavy atom. The highest BCUT2D eigenvalue weighted by Gasteiger charge is 2.21. The summed E-state index contributed by atoms with van der Waals surface area (Å²) >= 11 is 0. The summed E-state index contributed by atoms with van der Waals surface area (Å²) in [5.41, 5.74) is 2.94. The van der Waals surface area contributed by atoms with Crippen LogP contribution in [0, 0.1) is 13.8 Å². The van der Waals surface area contributed by atoms with Gasteiger partial charge in [-0.2, -0.15) is 0 Å². The second-order valence-electron chi connectivity index (χ2n) is 5.83. The third-order valence-corrected chi connectivity index (χ3v) is 4.21. The van der Waals surface area contributed by atoms with Crippen LogP contribution in [0.4, 0.5) is 0 Å². The normalized spacial score (nSPS) is 16.0. The number of benzene rings is 1. The average Bonchev–Trinajstić information content (AvgIpc) is 2.48. The Balaban J connectivity index is 1.86. The highest BCUT2D eigenvalue weighted by Crippen LogP contribution is 2.15. The molecule has 1 amide bonds. The van der Waals surface area contributed by atoms with Gasteiger partial charge in [0.15, 0.2) is 5.78 Å². The maximum Gasteiger partial charge on any atom is 0.223 e. The number of hydrogen-bond donors (Lipinski definition) is 1. The molecule has 2 rings (SSSR count). The molecule has 1 saturated heterocycles. The molecule has 4 nitrogen and oxygen atoms in total. The predicted octanol–water partition coefficient (Wildman–Crippen LogP) is 2.25. The minimum absolute atomic E-state index is 0.0130. The molecule has 0 aliphatic carbocycles. The molecule has 0 aromatic heterocycles. The molecule has 0 radical (unpaired) electrons. The average molecular weight is 289 g/mol. The summed E-state index contributed by atoms with van der Waals surface area (Å²) < 4.78 is 0. The van der Waals surface area contributed by atoms with Crippen LogP contribution in [-0.4, -0.2) is 40.9 Å². The van der Waals surface area contributed by atoms with Gasteiger partial charge in [0.25, 0.3) is 0 Å². The van der Waals surface area contributed by atoms with E-state index in [9.17, 15) is 14.7 Å². The number of likely N-dealkylation sites (tertiary alicyclic amines) is 1. The monoisotopic (exact) mass is 289 g/mol. The molecule has 1 heterocycles. The zero-order valence-corrected chi connectivity index (χ0v) is 12.8. The maximum absolute atomic E-state index is 12.1. The lowest BCUT2D eigenvalue weighted by molar-refractivity contribution is -0.133. The topological polar surface area (TPSA) is 57.6 Å². The molecule has 1 fully saturated rings. The number of aliphatic hydroxyl groups excluding tert-OH is 1. The number of rotatable bonds is 4. The largest absolute Gasteiger partial charge is 0.393 e. The summed E-state index contributed by atoms with van der Waals surface area (Å²) in [7, 11) is 0. The molecule has 4 heteroatoms. The number of aryl methyl sites for hydroxylation is 2. The molecule has 114 valence electrons. The zero-order valence-electron chi connectivity index (χ0n) is 12.8. The first kappa shape index (κ1) is 15.7. The van der Waals surface area contributed by atoms with E-state index in [0.717, 1.165) is 11.1 Å². The van der Waals surface area contributed by atoms with E-state index in [1.54, 1.807) is 4.90 Å². The molecule has 1 aromatic rings. The minimum Gasteiger partial charge on any atom is -0.393 e. The summed E-state index contributed by atoms with van der Waals surface area (Å²) in [5, 5.41) is 9.43. The van der Waals surface area contributed by atoms with E-state index in [1.165, 1.54) is 0 Å². The first-order valence-corrected chi connectivity index (χ1v) is 7.53. The number of carbonyl (C=O) groups excluding carboxylic acids is 2. The van der Waals surface area contributed by atoms with Crippen LogP contribution in [0.25, 0.3) is 0 Å². The molecule has 1 aliphatic heterocycles. The van der Waals surface area contributed by atoms with E-state index in [-0.39, 0.29) is 30.6 Å². The summed E-state index contributed by atoms with van der Waals surface area (Å²) in [6.07, 6.45) is 1.49. The first-order chi connectivity index (χ1) is 9.97. The lowest BCUT2D eigenvalue weighted by Crippen LogP contribution is -2.40. The fourth-order valence-electron chi connectivity index (χ4n) is 2.55. The van der Waals surface area contributed by atoms with Gasteiger partial charge in [-0.1, -0.05) is 12.1 Å². The molecule has 1 aromatic carbocycles. The van der Waals surface area contributed by atoms with Crippen molar-refractivity contribution >= 4 is 11.7 Å². The fraction of sp³-hybridized carbons (Fsp3) is 0.529. The van der Waals surface area contributed by atoms with Crippen LogP contribution in [-0.2, 0) is 4.79 Å². The van der Waals surface area contributed by atoms with Gasteiger partial charge in [0, 0.05) is 31.5 Å². The molecule has 1 aliphatic rings. The molecule has 21 heavy (non-hydrogen) atoms. The van der Waals surface area contributed by atoms with E-state index < -0.39 is 0 Å². The van der Waals surface area contributed by atoms with Crippen molar-refractivity contribution in [1.29, 1.82) is 0 Å². The summed E-state index contributed by atoms with van der Waals surface area (Å²) in [6, 6.07) is 5.65. The fourth-order valence-corrected chi connectivity index (χ4v) is 2.55. The second-order valence-corrected chi connectivity index (χ2v) is 5.83. The zero-order chi connectivity index (χ0) is 15.4. The number of carbonyl (C=O) groups is 2. The Labute approximate surface area is 125 Å². The van der Waals surface area contributed by atoms with Gasteiger partial charge in [0.1, 0.15) is 0 Å². The van der Waals surface area contributed by atoms with Crippen molar-refractivity contribution in [1.82, 2.24) is 4.90 Å². The summed E-state index contributed by atoms with van der Waals surface area (Å²) in [6.45, 7) is 5.18. The van der Waals surface area contributed by atoms with Gasteiger partial charge in [0.2, 0.25) is 5.91 Å². The molecule has 1 N–H and O–H groups in total. The first-order valence-electron chi connectivity index (χ1n) is 7.53. The summed E-state index contributed by atoms with van der Waals surface area (Å²) in [4.78, 5) is 25.9. The molecular weight excluding hydrogens is 266 g/mol. The summed E-state index contributed by atoms with van der Waals surface area (Å²) in [5.74, 6) is 0.0302. The van der Waals surface area contributed by atoms with Crippen LogP contribution in [0.3, 0.4) is 0 Å². The van der Waals surface area contributed by atoms with Gasteiger partial charge in [0.05, 0.1) is 6.10 Å².